The van der Waals surface area contributed by atoms with Gasteiger partial charge in [-0.1, -0.05) is 192 Å². The molecular weight excluding hydrogens is 1550 g/mol. The van der Waals surface area contributed by atoms with Crippen molar-refractivity contribution < 1.29 is 72.5 Å². The van der Waals surface area contributed by atoms with Crippen molar-refractivity contribution in [2.45, 2.75) is 132 Å². The van der Waals surface area contributed by atoms with E-state index in [1.54, 1.807) is 0 Å². The summed E-state index contributed by atoms with van der Waals surface area (Å²) in [6.07, 6.45) is 0. The molecule has 6 aromatic heterocycles. The van der Waals surface area contributed by atoms with Crippen molar-refractivity contribution in [1.82, 2.24) is 28.2 Å². The fraction of sp³-hybridized carbons (Fsp3) is 0.255. The Kier molecular flexibility index (Phi) is 24.8. The van der Waals surface area contributed by atoms with Gasteiger partial charge in [-0.25, -0.2) is 9.97 Å². The third-order valence-corrected chi connectivity index (χ3v) is 20.2. The fourth-order valence-electron chi connectivity index (χ4n) is 15.4. The maximum Gasteiger partial charge on any atom is 2.00 e. The van der Waals surface area contributed by atoms with Crippen LogP contribution in [0.15, 0.2) is 182 Å². The maximum absolute atomic E-state index is 11.9. The van der Waals surface area contributed by atoms with Gasteiger partial charge in [0.15, 0.2) is 0 Å². The standard InChI is InChI=1S/2C45H47N3O2.4CH3.Hf.Zr/c2*1-26-22-30(42(49)32(24-26)44(3,4)5)40-38(28-16-11-13-20-36(28)47(40)9)34-18-15-19-35(46-34)39-29-17-12-14-21-37(29)48(10)41(39)31-23-27(2)25-33(43(31)50)45(6,7)8;;;;;;/h2*11-25,49-50H,1-10H3;4*1H3;;/q;;4*-1;;+2. The Morgan fingerprint density at radius 2 is 0.453 bits per heavy atom. The maximum atomic E-state index is 11.9. The van der Waals surface area contributed by atoms with E-state index in [0.717, 1.165) is 178 Å². The minimum absolute atomic E-state index is 0. The molecule has 0 spiro atoms. The molecule has 0 aliphatic carbocycles. The quantitative estimate of drug-likeness (QED) is 0.0887. The molecule has 10 nitrogen and oxygen atoms in total. The summed E-state index contributed by atoms with van der Waals surface area (Å²) in [6.45, 7) is 34.0. The van der Waals surface area contributed by atoms with Gasteiger partial charge in [-0.05, 0) is 144 Å². The second-order valence-electron chi connectivity index (χ2n) is 31.8. The molecule has 8 aromatic carbocycles. The molecule has 106 heavy (non-hydrogen) atoms. The summed E-state index contributed by atoms with van der Waals surface area (Å²) in [6, 6.07) is 62.7. The van der Waals surface area contributed by atoms with Crippen LogP contribution in [0.1, 0.15) is 128 Å². The Bertz CT molecular complexity index is 4950. The number of para-hydroxylation sites is 4. The molecule has 4 N–H and O–H groups in total. The van der Waals surface area contributed by atoms with E-state index in [0.29, 0.717) is 23.0 Å². The summed E-state index contributed by atoms with van der Waals surface area (Å²) in [5.74, 6) is 1.19. The largest absolute Gasteiger partial charge is 2.00 e. The van der Waals surface area contributed by atoms with E-state index in [2.05, 4.69) is 339 Å². The Hall–Kier alpha value is -8.83. The van der Waals surface area contributed by atoms with Crippen molar-refractivity contribution in [1.29, 1.82) is 0 Å². The van der Waals surface area contributed by atoms with Gasteiger partial charge in [-0.15, -0.1) is 0 Å². The zero-order valence-electron chi connectivity index (χ0n) is 66.8. The summed E-state index contributed by atoms with van der Waals surface area (Å²) in [5.41, 5.74) is 25.3. The summed E-state index contributed by atoms with van der Waals surface area (Å²) >= 11 is 0. The Morgan fingerprint density at radius 3 is 0.632 bits per heavy atom. The van der Waals surface area contributed by atoms with Crippen molar-refractivity contribution in [3.8, 4) is 113 Å². The number of hydrogen-bond acceptors (Lipinski definition) is 6. The van der Waals surface area contributed by atoms with E-state index >= 15 is 0 Å². The molecule has 0 saturated carbocycles. The van der Waals surface area contributed by atoms with Gasteiger partial charge in [0.05, 0.1) is 45.6 Å². The van der Waals surface area contributed by atoms with E-state index in [9.17, 15) is 20.4 Å². The van der Waals surface area contributed by atoms with Crippen molar-refractivity contribution >= 4 is 43.6 Å². The summed E-state index contributed by atoms with van der Waals surface area (Å²) in [7, 11) is 8.28. The minimum Gasteiger partial charge on any atom is -0.507 e. The SMILES string of the molecule is Cc1cc(-c2c(-c3cccc(-c4c(-c5cc(C)cc(C(C)(C)C)c5O)n(C)c5ccccc45)n3)c3ccccc3n2C)c(O)c(C(C)(C)C)c1.Cc1cc(-c2c(-c3cccc(-c4c(-c5cc(C)cc(C(C)(C)C)c5O)n(C)c5ccccc45)n3)c3ccccc3n2C)c(O)c(C(C)(C)C)c1.[CH3-].[CH3-].[CH3-].[CH3-].[Hf].[Zr+2]. The van der Waals surface area contributed by atoms with E-state index in [1.807, 2.05) is 0 Å². The second-order valence-corrected chi connectivity index (χ2v) is 31.8. The molecule has 12 heteroatoms. The third kappa shape index (κ3) is 14.8. The van der Waals surface area contributed by atoms with E-state index in [-0.39, 0.29) is 103 Å². The number of rotatable bonds is 8. The number of pyridine rings is 2. The van der Waals surface area contributed by atoms with Gasteiger partial charge in [0.2, 0.25) is 0 Å². The number of aryl methyl sites for hydroxylation is 8. The minimum atomic E-state index is -0.243. The molecule has 14 aromatic rings. The Morgan fingerprint density at radius 1 is 0.274 bits per heavy atom. The van der Waals surface area contributed by atoms with E-state index < -0.39 is 0 Å². The van der Waals surface area contributed by atoms with Crippen LogP contribution in [0.25, 0.3) is 134 Å². The van der Waals surface area contributed by atoms with Crippen LogP contribution in [-0.2, 0) is 102 Å². The smallest absolute Gasteiger partial charge is 0.507 e. The number of benzene rings is 8. The number of fused-ring (bicyclic) bond motifs is 4. The molecule has 14 rings (SSSR count). The number of nitrogens with zero attached hydrogens (tertiary/aromatic N) is 6. The van der Waals surface area contributed by atoms with Crippen molar-refractivity contribution in [2.24, 2.45) is 28.2 Å². The Labute approximate surface area is 668 Å². The summed E-state index contributed by atoms with van der Waals surface area (Å²) < 4.78 is 8.73. The molecule has 546 valence electrons. The van der Waals surface area contributed by atoms with Crippen LogP contribution >= 0.6 is 0 Å². The molecule has 0 amide bonds. The monoisotopic (exact) mass is 1650 g/mol. The Balaban J connectivity index is 0.000000280. The van der Waals surface area contributed by atoms with E-state index in [4.69, 9.17) is 9.97 Å². The number of aromatic hydroxyl groups is 4. The molecule has 0 fully saturated rings. The number of hydrogen-bond donors (Lipinski definition) is 4. The van der Waals surface area contributed by atoms with Crippen LogP contribution in [-0.4, -0.2) is 48.7 Å². The van der Waals surface area contributed by atoms with Gasteiger partial charge in [0.25, 0.3) is 0 Å². The molecular formula is C94H106HfN6O4Zr-2. The van der Waals surface area contributed by atoms with Gasteiger partial charge in [0, 0.05) is 164 Å². The van der Waals surface area contributed by atoms with Gasteiger partial charge in [0.1, 0.15) is 23.0 Å². The number of aromatic nitrogens is 6. The van der Waals surface area contributed by atoms with Crippen molar-refractivity contribution in [3.63, 3.8) is 0 Å². The third-order valence-electron chi connectivity index (χ3n) is 20.2. The molecule has 0 atom stereocenters. The van der Waals surface area contributed by atoms with Crippen LogP contribution in [0.2, 0.25) is 0 Å². The zero-order valence-corrected chi connectivity index (χ0v) is 72.8. The predicted octanol–water partition coefficient (Wildman–Crippen LogP) is 24.5. The predicted molar refractivity (Wildman–Crippen MR) is 444 cm³/mol. The van der Waals surface area contributed by atoms with Gasteiger partial charge < -0.3 is 68.4 Å². The number of phenols is 4. The molecule has 6 heterocycles. The summed E-state index contributed by atoms with van der Waals surface area (Å²) in [4.78, 5) is 10.9. The van der Waals surface area contributed by atoms with Crippen LogP contribution < -0.4 is 0 Å². The van der Waals surface area contributed by atoms with Crippen LogP contribution in [0.5, 0.6) is 23.0 Å². The van der Waals surface area contributed by atoms with Crippen molar-refractivity contribution in [2.75, 3.05) is 0 Å². The van der Waals surface area contributed by atoms with Crippen LogP contribution in [0.3, 0.4) is 0 Å². The van der Waals surface area contributed by atoms with Crippen molar-refractivity contribution in [3.05, 3.63) is 256 Å². The molecule has 0 aliphatic rings. The first-order valence-corrected chi connectivity index (χ1v) is 34.8. The first-order chi connectivity index (χ1) is 47.1. The van der Waals surface area contributed by atoms with Gasteiger partial charge in [-0.2, -0.15) is 0 Å². The molecule has 0 unspecified atom stereocenters. The first-order valence-electron chi connectivity index (χ1n) is 34.8. The summed E-state index contributed by atoms with van der Waals surface area (Å²) in [5, 5.41) is 51.9. The molecule has 0 saturated heterocycles. The fourth-order valence-corrected chi connectivity index (χ4v) is 15.4. The first kappa shape index (κ1) is 84.4. The normalized spacial score (nSPS) is 11.7. The molecule has 0 bridgehead atoms. The zero-order chi connectivity index (χ0) is 71.7. The molecule has 0 radical (unpaired) electrons. The van der Waals surface area contributed by atoms with Gasteiger partial charge in [-0.3, -0.25) is 0 Å². The number of phenolic OH excluding ortho intramolecular Hbond substituents is 4. The average molecular weight is 1650 g/mol. The second kappa shape index (κ2) is 31.2. The molecule has 0 aliphatic heterocycles. The van der Waals surface area contributed by atoms with Crippen LogP contribution in [0, 0.1) is 57.4 Å². The van der Waals surface area contributed by atoms with Gasteiger partial charge >= 0.3 is 26.2 Å². The average Bonchev–Trinajstić information content (AvgIpc) is 1.58. The topological polar surface area (TPSA) is 126 Å². The van der Waals surface area contributed by atoms with Crippen LogP contribution in [0.4, 0.5) is 0 Å². The van der Waals surface area contributed by atoms with E-state index in [1.165, 1.54) is 0 Å².